The molecule has 1 aliphatic rings. The molecule has 1 aromatic rings. The van der Waals surface area contributed by atoms with E-state index in [2.05, 4.69) is 10.3 Å². The summed E-state index contributed by atoms with van der Waals surface area (Å²) in [4.78, 5) is 28.7. The van der Waals surface area contributed by atoms with Crippen molar-refractivity contribution >= 4 is 12.0 Å². The van der Waals surface area contributed by atoms with Gasteiger partial charge in [-0.25, -0.2) is 9.78 Å². The molecule has 0 bridgehead atoms. The van der Waals surface area contributed by atoms with Gasteiger partial charge in [0.05, 0.1) is 19.3 Å². The van der Waals surface area contributed by atoms with E-state index in [1.165, 1.54) is 4.90 Å². The van der Waals surface area contributed by atoms with Crippen molar-refractivity contribution in [1.29, 1.82) is 0 Å². The number of rotatable bonds is 5. The molecular formula is C13H20N4O4. The second kappa shape index (κ2) is 6.57. The molecule has 1 saturated heterocycles. The van der Waals surface area contributed by atoms with Crippen LogP contribution in [0.5, 0.6) is 0 Å². The van der Waals surface area contributed by atoms with Crippen LogP contribution in [0, 0.1) is 5.92 Å². The molecule has 2 heterocycles. The molecule has 8 heteroatoms. The van der Waals surface area contributed by atoms with Crippen LogP contribution in [0.25, 0.3) is 0 Å². The summed E-state index contributed by atoms with van der Waals surface area (Å²) in [6.45, 7) is 0.838. The van der Waals surface area contributed by atoms with Gasteiger partial charge in [-0.2, -0.15) is 0 Å². The Morgan fingerprint density at radius 2 is 2.33 bits per heavy atom. The number of urea groups is 1. The van der Waals surface area contributed by atoms with Crippen molar-refractivity contribution in [3.8, 4) is 0 Å². The van der Waals surface area contributed by atoms with Gasteiger partial charge < -0.3 is 24.6 Å². The van der Waals surface area contributed by atoms with Gasteiger partial charge in [-0.3, -0.25) is 4.79 Å². The number of ether oxygens (including phenoxy) is 1. The van der Waals surface area contributed by atoms with Crippen molar-refractivity contribution in [1.82, 2.24) is 19.8 Å². The van der Waals surface area contributed by atoms with Crippen LogP contribution >= 0.6 is 0 Å². The number of hydrogen-bond donors (Lipinski definition) is 2. The predicted octanol–water partition coefficient (Wildman–Crippen LogP) is -0.296. The summed E-state index contributed by atoms with van der Waals surface area (Å²) in [5, 5.41) is 11.9. The highest BCUT2D eigenvalue weighted by atomic mass is 16.5. The van der Waals surface area contributed by atoms with Gasteiger partial charge in [0.1, 0.15) is 11.7 Å². The first-order chi connectivity index (χ1) is 10.0. The second-order valence-electron chi connectivity index (χ2n) is 5.10. The van der Waals surface area contributed by atoms with Crippen LogP contribution in [0.15, 0.2) is 12.4 Å². The van der Waals surface area contributed by atoms with Crippen LogP contribution in [0.2, 0.25) is 0 Å². The zero-order valence-electron chi connectivity index (χ0n) is 12.2. The SMILES string of the molecule is CN(C(=O)NCCc1nccn1C)C1COCC1C(=O)O. The monoisotopic (exact) mass is 296 g/mol. The summed E-state index contributed by atoms with van der Waals surface area (Å²) in [5.41, 5.74) is 0. The number of aryl methyl sites for hydroxylation is 1. The molecule has 2 unspecified atom stereocenters. The highest BCUT2D eigenvalue weighted by Crippen LogP contribution is 2.18. The Labute approximate surface area is 122 Å². The minimum absolute atomic E-state index is 0.144. The minimum Gasteiger partial charge on any atom is -0.481 e. The number of carbonyl (C=O) groups excluding carboxylic acids is 1. The van der Waals surface area contributed by atoms with Crippen molar-refractivity contribution in [2.75, 3.05) is 26.8 Å². The van der Waals surface area contributed by atoms with Gasteiger partial charge in [-0.05, 0) is 0 Å². The van der Waals surface area contributed by atoms with Crippen molar-refractivity contribution in [3.63, 3.8) is 0 Å². The minimum atomic E-state index is -0.940. The lowest BCUT2D eigenvalue weighted by molar-refractivity contribution is -0.142. The number of aliphatic carboxylic acids is 1. The quantitative estimate of drug-likeness (QED) is 0.778. The third-order valence-corrected chi connectivity index (χ3v) is 3.73. The van der Waals surface area contributed by atoms with E-state index in [0.717, 1.165) is 5.82 Å². The molecule has 2 rings (SSSR count). The Bertz CT molecular complexity index is 516. The van der Waals surface area contributed by atoms with Gasteiger partial charge in [-0.15, -0.1) is 0 Å². The van der Waals surface area contributed by atoms with Crippen LogP contribution in [-0.4, -0.2) is 64.4 Å². The number of amides is 2. The molecule has 21 heavy (non-hydrogen) atoms. The Morgan fingerprint density at radius 3 is 2.95 bits per heavy atom. The van der Waals surface area contributed by atoms with Gasteiger partial charge in [-0.1, -0.05) is 0 Å². The molecule has 0 aromatic carbocycles. The Hall–Kier alpha value is -2.09. The number of carboxylic acids is 1. The normalized spacial score (nSPS) is 21.2. The van der Waals surface area contributed by atoms with Crippen molar-refractivity contribution in [2.24, 2.45) is 13.0 Å². The summed E-state index contributed by atoms with van der Waals surface area (Å²) in [5.74, 6) is -0.731. The number of carboxylic acid groups (broad SMARTS) is 1. The highest BCUT2D eigenvalue weighted by Gasteiger charge is 2.38. The first-order valence-corrected chi connectivity index (χ1v) is 6.78. The summed E-state index contributed by atoms with van der Waals surface area (Å²) in [6.07, 6.45) is 4.17. The molecule has 1 aliphatic heterocycles. The van der Waals surface area contributed by atoms with E-state index in [0.29, 0.717) is 13.0 Å². The lowest BCUT2D eigenvalue weighted by Crippen LogP contribution is -2.48. The second-order valence-corrected chi connectivity index (χ2v) is 5.10. The van der Waals surface area contributed by atoms with Gasteiger partial charge >= 0.3 is 12.0 Å². The molecule has 0 radical (unpaired) electrons. The fourth-order valence-corrected chi connectivity index (χ4v) is 2.35. The Morgan fingerprint density at radius 1 is 1.57 bits per heavy atom. The van der Waals surface area contributed by atoms with Crippen molar-refractivity contribution in [2.45, 2.75) is 12.5 Å². The predicted molar refractivity (Wildman–Crippen MR) is 73.8 cm³/mol. The summed E-state index contributed by atoms with van der Waals surface area (Å²) in [6, 6.07) is -0.735. The maximum atomic E-state index is 12.1. The number of nitrogens with zero attached hydrogens (tertiary/aromatic N) is 3. The summed E-state index contributed by atoms with van der Waals surface area (Å²) < 4.78 is 7.06. The maximum absolute atomic E-state index is 12.1. The van der Waals surface area contributed by atoms with Crippen LogP contribution < -0.4 is 5.32 Å². The third-order valence-electron chi connectivity index (χ3n) is 3.73. The molecule has 2 N–H and O–H groups in total. The zero-order chi connectivity index (χ0) is 15.4. The first kappa shape index (κ1) is 15.3. The van der Waals surface area contributed by atoms with Crippen molar-refractivity contribution < 1.29 is 19.4 Å². The van der Waals surface area contributed by atoms with Crippen molar-refractivity contribution in [3.05, 3.63) is 18.2 Å². The topological polar surface area (TPSA) is 96.7 Å². The van der Waals surface area contributed by atoms with E-state index in [1.807, 2.05) is 17.8 Å². The largest absolute Gasteiger partial charge is 0.481 e. The zero-order valence-corrected chi connectivity index (χ0v) is 12.2. The molecule has 0 spiro atoms. The van der Waals surface area contributed by atoms with E-state index in [-0.39, 0.29) is 19.2 Å². The van der Waals surface area contributed by atoms with Gasteiger partial charge in [0.25, 0.3) is 0 Å². The van der Waals surface area contributed by atoms with E-state index in [1.54, 1.807) is 13.2 Å². The number of nitrogens with one attached hydrogen (secondary N) is 1. The number of hydrogen-bond acceptors (Lipinski definition) is 4. The summed E-state index contributed by atoms with van der Waals surface area (Å²) >= 11 is 0. The number of aromatic nitrogens is 2. The molecule has 1 aromatic heterocycles. The van der Waals surface area contributed by atoms with Gasteiger partial charge in [0.2, 0.25) is 0 Å². The maximum Gasteiger partial charge on any atom is 0.317 e. The van der Waals surface area contributed by atoms with Crippen LogP contribution in [0.4, 0.5) is 4.79 Å². The van der Waals surface area contributed by atoms with E-state index >= 15 is 0 Å². The number of likely N-dealkylation sites (N-methyl/N-ethyl adjacent to an activating group) is 1. The molecule has 1 fully saturated rings. The van der Waals surface area contributed by atoms with Crippen LogP contribution in [0.1, 0.15) is 5.82 Å². The first-order valence-electron chi connectivity index (χ1n) is 6.78. The Balaban J connectivity index is 1.82. The van der Waals surface area contributed by atoms with E-state index in [9.17, 15) is 9.59 Å². The lowest BCUT2D eigenvalue weighted by atomic mass is 10.0. The lowest BCUT2D eigenvalue weighted by Gasteiger charge is -2.26. The average molecular weight is 296 g/mol. The molecule has 0 saturated carbocycles. The van der Waals surface area contributed by atoms with E-state index < -0.39 is 17.9 Å². The molecule has 8 nitrogen and oxygen atoms in total. The number of imidazole rings is 1. The molecule has 2 amide bonds. The molecule has 0 aliphatic carbocycles. The van der Waals surface area contributed by atoms with Gasteiger partial charge in [0, 0.05) is 39.5 Å². The summed E-state index contributed by atoms with van der Waals surface area (Å²) in [7, 11) is 3.48. The van der Waals surface area contributed by atoms with Crippen LogP contribution in [-0.2, 0) is 23.0 Å². The standard InChI is InChI=1S/C13H20N4O4/c1-16-6-5-14-11(16)3-4-15-13(20)17(2)10-8-21-7-9(10)12(18)19/h5-6,9-10H,3-4,7-8H2,1-2H3,(H,15,20)(H,18,19). The highest BCUT2D eigenvalue weighted by molar-refractivity contribution is 5.77. The fourth-order valence-electron chi connectivity index (χ4n) is 2.35. The van der Waals surface area contributed by atoms with Gasteiger partial charge in [0.15, 0.2) is 0 Å². The molecule has 116 valence electrons. The Kier molecular flexibility index (Phi) is 4.79. The van der Waals surface area contributed by atoms with E-state index in [4.69, 9.17) is 9.84 Å². The van der Waals surface area contributed by atoms with Crippen LogP contribution in [0.3, 0.4) is 0 Å². The third kappa shape index (κ3) is 3.52. The molecular weight excluding hydrogens is 276 g/mol. The smallest absolute Gasteiger partial charge is 0.317 e. The molecule has 2 atom stereocenters. The average Bonchev–Trinajstić information content (AvgIpc) is 3.07. The number of carbonyl (C=O) groups is 2. The fraction of sp³-hybridized carbons (Fsp3) is 0.615.